The van der Waals surface area contributed by atoms with Crippen molar-refractivity contribution in [2.24, 2.45) is 0 Å². The molecule has 0 fully saturated rings. The Kier molecular flexibility index (Phi) is 6.70. The number of benzene rings is 3. The third kappa shape index (κ3) is 5.09. The summed E-state index contributed by atoms with van der Waals surface area (Å²) in [6.45, 7) is 5.58. The van der Waals surface area contributed by atoms with Gasteiger partial charge in [0.2, 0.25) is 0 Å². The third-order valence-electron chi connectivity index (χ3n) is 5.66. The van der Waals surface area contributed by atoms with Crippen LogP contribution in [0.15, 0.2) is 77.8 Å². The topological polar surface area (TPSA) is 93.1 Å². The molecule has 3 aromatic carbocycles. The zero-order chi connectivity index (χ0) is 25.2. The molecule has 1 heterocycles. The first-order valence-electron chi connectivity index (χ1n) is 11.0. The molecule has 180 valence electrons. The van der Waals surface area contributed by atoms with Gasteiger partial charge in [-0.1, -0.05) is 25.1 Å². The second-order valence-electron chi connectivity index (χ2n) is 8.10. The van der Waals surface area contributed by atoms with Crippen LogP contribution in [0.25, 0.3) is 5.69 Å². The minimum absolute atomic E-state index is 0.0801. The Labute approximate surface area is 203 Å². The largest absolute Gasteiger partial charge is 0.322 e. The first-order valence-corrected chi connectivity index (χ1v) is 12.5. The zero-order valence-electron chi connectivity index (χ0n) is 19.5. The first kappa shape index (κ1) is 24.2. The minimum Gasteiger partial charge on any atom is -0.322 e. The summed E-state index contributed by atoms with van der Waals surface area (Å²) < 4.78 is 43.3. The standard InChI is InChI=1S/C26H25FN4O3S/c1-4-24-23(16-28-31(24)21-12-8-19(27)9-13-21)26(32)29-20-10-14-22(15-11-20)35(33,34)30-25-17(2)6-5-7-18(25)3/h5-16,30H,4H2,1-3H3,(H,29,32). The van der Waals surface area contributed by atoms with Crippen LogP contribution in [0, 0.1) is 19.7 Å². The molecule has 0 radical (unpaired) electrons. The second kappa shape index (κ2) is 9.71. The van der Waals surface area contributed by atoms with Crippen molar-refractivity contribution in [1.29, 1.82) is 0 Å². The molecule has 0 unspecified atom stereocenters. The number of anilines is 2. The van der Waals surface area contributed by atoms with Gasteiger partial charge in [-0.3, -0.25) is 9.52 Å². The number of hydrogen-bond acceptors (Lipinski definition) is 4. The van der Waals surface area contributed by atoms with Crippen LogP contribution < -0.4 is 10.0 Å². The van der Waals surface area contributed by atoms with E-state index < -0.39 is 10.0 Å². The van der Waals surface area contributed by atoms with Crippen LogP contribution in [0.5, 0.6) is 0 Å². The van der Waals surface area contributed by atoms with E-state index in [1.54, 1.807) is 16.8 Å². The summed E-state index contributed by atoms with van der Waals surface area (Å²) >= 11 is 0. The van der Waals surface area contributed by atoms with E-state index in [2.05, 4.69) is 15.1 Å². The molecular formula is C26H25FN4O3S. The SMILES string of the molecule is CCc1c(C(=O)Nc2ccc(S(=O)(=O)Nc3c(C)cccc3C)cc2)cnn1-c1ccc(F)cc1. The Morgan fingerprint density at radius 3 is 2.20 bits per heavy atom. The molecule has 7 nitrogen and oxygen atoms in total. The molecule has 0 spiro atoms. The number of hydrogen-bond donors (Lipinski definition) is 2. The van der Waals surface area contributed by atoms with Gasteiger partial charge in [-0.2, -0.15) is 5.10 Å². The molecular weight excluding hydrogens is 467 g/mol. The van der Waals surface area contributed by atoms with Gasteiger partial charge in [0.1, 0.15) is 5.82 Å². The molecule has 9 heteroatoms. The van der Waals surface area contributed by atoms with E-state index in [9.17, 15) is 17.6 Å². The van der Waals surface area contributed by atoms with Gasteiger partial charge in [0, 0.05) is 5.69 Å². The predicted octanol–water partition coefficient (Wildman–Crippen LogP) is 5.24. The Hall–Kier alpha value is -3.98. The molecule has 0 aliphatic carbocycles. The number of nitrogens with zero attached hydrogens (tertiary/aromatic N) is 2. The van der Waals surface area contributed by atoms with Gasteiger partial charge in [0.05, 0.1) is 33.7 Å². The maximum Gasteiger partial charge on any atom is 0.261 e. The highest BCUT2D eigenvalue weighted by atomic mass is 32.2. The maximum absolute atomic E-state index is 13.3. The van der Waals surface area contributed by atoms with E-state index in [1.165, 1.54) is 42.6 Å². The highest BCUT2D eigenvalue weighted by Crippen LogP contribution is 2.24. The summed E-state index contributed by atoms with van der Waals surface area (Å²) in [5.74, 6) is -0.730. The number of amides is 1. The van der Waals surface area contributed by atoms with Crippen molar-refractivity contribution in [2.45, 2.75) is 32.1 Å². The van der Waals surface area contributed by atoms with Crippen LogP contribution in [0.4, 0.5) is 15.8 Å². The van der Waals surface area contributed by atoms with Gasteiger partial charge in [-0.05, 0) is 79.9 Å². The predicted molar refractivity (Wildman–Crippen MR) is 134 cm³/mol. The van der Waals surface area contributed by atoms with E-state index in [0.29, 0.717) is 34.7 Å². The molecule has 2 N–H and O–H groups in total. The molecule has 0 aliphatic heterocycles. The molecule has 4 aromatic rings. The van der Waals surface area contributed by atoms with Crippen molar-refractivity contribution in [3.8, 4) is 5.69 Å². The van der Waals surface area contributed by atoms with Crippen molar-refractivity contribution in [2.75, 3.05) is 10.0 Å². The maximum atomic E-state index is 13.3. The van der Waals surface area contributed by atoms with Gasteiger partial charge in [-0.25, -0.2) is 17.5 Å². The van der Waals surface area contributed by atoms with Crippen LogP contribution in [0.3, 0.4) is 0 Å². The number of carbonyl (C=O) groups is 1. The zero-order valence-corrected chi connectivity index (χ0v) is 20.4. The minimum atomic E-state index is -3.80. The lowest BCUT2D eigenvalue weighted by Crippen LogP contribution is -2.16. The van der Waals surface area contributed by atoms with Gasteiger partial charge in [0.25, 0.3) is 15.9 Å². The Morgan fingerprint density at radius 1 is 0.971 bits per heavy atom. The molecule has 1 aromatic heterocycles. The van der Waals surface area contributed by atoms with Crippen LogP contribution in [0.1, 0.15) is 34.1 Å². The van der Waals surface area contributed by atoms with Crippen molar-refractivity contribution in [3.05, 3.63) is 101 Å². The smallest absolute Gasteiger partial charge is 0.261 e. The molecule has 1 amide bonds. The number of halogens is 1. The van der Waals surface area contributed by atoms with Gasteiger partial charge < -0.3 is 5.32 Å². The van der Waals surface area contributed by atoms with E-state index in [4.69, 9.17) is 0 Å². The number of rotatable bonds is 7. The summed E-state index contributed by atoms with van der Waals surface area (Å²) in [6.07, 6.45) is 1.99. The number of aryl methyl sites for hydroxylation is 2. The fourth-order valence-corrected chi connectivity index (χ4v) is 5.00. The fourth-order valence-electron chi connectivity index (χ4n) is 3.79. The molecule has 0 saturated carbocycles. The number of nitrogens with one attached hydrogen (secondary N) is 2. The highest BCUT2D eigenvalue weighted by molar-refractivity contribution is 7.92. The fraction of sp³-hybridized carbons (Fsp3) is 0.154. The van der Waals surface area contributed by atoms with E-state index in [0.717, 1.165) is 11.1 Å². The van der Waals surface area contributed by atoms with Gasteiger partial charge >= 0.3 is 0 Å². The monoisotopic (exact) mass is 492 g/mol. The first-order chi connectivity index (χ1) is 16.7. The lowest BCUT2D eigenvalue weighted by molar-refractivity contribution is 0.102. The van der Waals surface area contributed by atoms with Crippen LogP contribution in [-0.4, -0.2) is 24.1 Å². The van der Waals surface area contributed by atoms with Gasteiger partial charge in [-0.15, -0.1) is 0 Å². The number of aromatic nitrogens is 2. The summed E-state index contributed by atoms with van der Waals surface area (Å²) in [4.78, 5) is 13.0. The lowest BCUT2D eigenvalue weighted by atomic mass is 10.1. The molecule has 0 saturated heterocycles. The summed E-state index contributed by atoms with van der Waals surface area (Å²) in [5, 5.41) is 7.08. The van der Waals surface area contributed by atoms with E-state index in [1.807, 2.05) is 39.0 Å². The van der Waals surface area contributed by atoms with E-state index in [-0.39, 0.29) is 16.6 Å². The molecule has 0 atom stereocenters. The summed E-state index contributed by atoms with van der Waals surface area (Å²) in [7, 11) is -3.80. The summed E-state index contributed by atoms with van der Waals surface area (Å²) in [6, 6.07) is 17.3. The Morgan fingerprint density at radius 2 is 1.60 bits per heavy atom. The average molecular weight is 493 g/mol. The Bertz CT molecular complexity index is 1460. The van der Waals surface area contributed by atoms with Crippen LogP contribution in [-0.2, 0) is 16.4 Å². The average Bonchev–Trinajstić information content (AvgIpc) is 3.27. The van der Waals surface area contributed by atoms with Crippen molar-refractivity contribution in [1.82, 2.24) is 9.78 Å². The normalized spacial score (nSPS) is 11.3. The quantitative estimate of drug-likeness (QED) is 0.369. The van der Waals surface area contributed by atoms with Gasteiger partial charge in [0.15, 0.2) is 0 Å². The molecule has 0 bridgehead atoms. The van der Waals surface area contributed by atoms with Crippen LogP contribution in [0.2, 0.25) is 0 Å². The number of sulfonamides is 1. The second-order valence-corrected chi connectivity index (χ2v) is 9.78. The van der Waals surface area contributed by atoms with Crippen molar-refractivity contribution < 1.29 is 17.6 Å². The van der Waals surface area contributed by atoms with Crippen LogP contribution >= 0.6 is 0 Å². The molecule has 0 aliphatic rings. The van der Waals surface area contributed by atoms with Crippen molar-refractivity contribution >= 4 is 27.3 Å². The number of carbonyl (C=O) groups excluding carboxylic acids is 1. The Balaban J connectivity index is 1.52. The highest BCUT2D eigenvalue weighted by Gasteiger charge is 2.19. The third-order valence-corrected chi connectivity index (χ3v) is 7.03. The van der Waals surface area contributed by atoms with E-state index >= 15 is 0 Å². The summed E-state index contributed by atoms with van der Waals surface area (Å²) in [5.41, 5.74) is 4.34. The van der Waals surface area contributed by atoms with Crippen molar-refractivity contribution in [3.63, 3.8) is 0 Å². The number of para-hydroxylation sites is 1. The molecule has 4 rings (SSSR count). The molecule has 35 heavy (non-hydrogen) atoms. The lowest BCUT2D eigenvalue weighted by Gasteiger charge is -2.13.